The van der Waals surface area contributed by atoms with Crippen molar-refractivity contribution in [3.8, 4) is 18.3 Å². The predicted molar refractivity (Wildman–Crippen MR) is 73.1 cm³/mol. The smallest absolute Gasteiger partial charge is 0.256 e. The van der Waals surface area contributed by atoms with E-state index in [0.717, 1.165) is 6.42 Å². The van der Waals surface area contributed by atoms with E-state index in [1.807, 2.05) is 6.92 Å². The van der Waals surface area contributed by atoms with E-state index in [1.54, 1.807) is 18.5 Å². The van der Waals surface area contributed by atoms with Crippen molar-refractivity contribution in [2.45, 2.75) is 25.8 Å². The number of anilines is 1. The zero-order valence-electron chi connectivity index (χ0n) is 10.4. The Balaban J connectivity index is 2.24. The van der Waals surface area contributed by atoms with Gasteiger partial charge in [0.05, 0.1) is 0 Å². The fraction of sp³-hybridized carbons (Fsp3) is 0.333. The second-order valence-electron chi connectivity index (χ2n) is 3.84. The molecule has 0 aromatic carbocycles. The van der Waals surface area contributed by atoms with Gasteiger partial charge in [-0.15, -0.1) is 12.3 Å². The zero-order valence-corrected chi connectivity index (χ0v) is 11.2. The molecule has 0 aliphatic rings. The summed E-state index contributed by atoms with van der Waals surface area (Å²) in [5.41, 5.74) is 0. The van der Waals surface area contributed by atoms with Gasteiger partial charge in [0.15, 0.2) is 0 Å². The van der Waals surface area contributed by atoms with Crippen LogP contribution in [-0.4, -0.2) is 30.8 Å². The Hall–Kier alpha value is -2.13. The molecule has 0 amide bonds. The van der Waals surface area contributed by atoms with Crippen LogP contribution in [0.5, 0.6) is 0 Å². The van der Waals surface area contributed by atoms with Crippen molar-refractivity contribution in [3.05, 3.63) is 23.7 Å². The second kappa shape index (κ2) is 6.16. The van der Waals surface area contributed by atoms with Crippen LogP contribution in [0, 0.1) is 12.3 Å². The fourth-order valence-corrected chi connectivity index (χ4v) is 1.67. The summed E-state index contributed by atoms with van der Waals surface area (Å²) in [6, 6.07) is 1.88. The first-order valence-electron chi connectivity index (χ1n) is 5.84. The molecule has 0 radical (unpaired) electrons. The molecule has 0 fully saturated rings. The number of rotatable bonds is 5. The highest BCUT2D eigenvalue weighted by Crippen LogP contribution is 2.11. The van der Waals surface area contributed by atoms with Crippen molar-refractivity contribution >= 4 is 17.5 Å². The van der Waals surface area contributed by atoms with E-state index in [9.17, 15) is 0 Å². The van der Waals surface area contributed by atoms with Gasteiger partial charge in [0.25, 0.3) is 5.95 Å². The Morgan fingerprint density at radius 3 is 2.95 bits per heavy atom. The highest BCUT2D eigenvalue weighted by atomic mass is 35.5. The molecule has 0 bridgehead atoms. The van der Waals surface area contributed by atoms with E-state index in [1.165, 1.54) is 4.68 Å². The van der Waals surface area contributed by atoms with Crippen molar-refractivity contribution in [2.24, 2.45) is 0 Å². The maximum atomic E-state index is 5.89. The summed E-state index contributed by atoms with van der Waals surface area (Å²) >= 11 is 5.89. The van der Waals surface area contributed by atoms with E-state index >= 15 is 0 Å². The first-order chi connectivity index (χ1) is 9.22. The standard InChI is InChI=1S/C12H13ClN6/c1-3-6-9(4-2)15-11-16-10(13)17-12(18-11)19-8-5-7-14-19/h1,5,7-9H,4,6H2,2H3,(H,15,16,17,18). The van der Waals surface area contributed by atoms with Gasteiger partial charge in [-0.1, -0.05) is 6.92 Å². The fourth-order valence-electron chi connectivity index (χ4n) is 1.52. The summed E-state index contributed by atoms with van der Waals surface area (Å²) in [5, 5.41) is 7.30. The van der Waals surface area contributed by atoms with Gasteiger partial charge in [-0.25, -0.2) is 4.68 Å². The number of hydrogen-bond acceptors (Lipinski definition) is 5. The van der Waals surface area contributed by atoms with Gasteiger partial charge in [0.1, 0.15) is 0 Å². The summed E-state index contributed by atoms with van der Waals surface area (Å²) in [5.74, 6) is 3.37. The molecule has 1 atom stereocenters. The average molecular weight is 277 g/mol. The SMILES string of the molecule is C#CCC(CC)Nc1nc(Cl)nc(-n2cccn2)n1. The van der Waals surface area contributed by atoms with E-state index < -0.39 is 0 Å². The third-order valence-corrected chi connectivity index (χ3v) is 2.66. The molecule has 0 aliphatic carbocycles. The average Bonchev–Trinajstić information content (AvgIpc) is 2.91. The Labute approximate surface area is 116 Å². The van der Waals surface area contributed by atoms with Gasteiger partial charge in [0, 0.05) is 24.9 Å². The van der Waals surface area contributed by atoms with Crippen molar-refractivity contribution in [3.63, 3.8) is 0 Å². The highest BCUT2D eigenvalue weighted by Gasteiger charge is 2.10. The number of hydrogen-bond donors (Lipinski definition) is 1. The lowest BCUT2D eigenvalue weighted by Crippen LogP contribution is -2.20. The lowest BCUT2D eigenvalue weighted by Gasteiger charge is -2.14. The molecule has 2 rings (SSSR count). The molecule has 6 nitrogen and oxygen atoms in total. The quantitative estimate of drug-likeness (QED) is 0.845. The molecule has 1 N–H and O–H groups in total. The number of halogens is 1. The topological polar surface area (TPSA) is 68.5 Å². The summed E-state index contributed by atoms with van der Waals surface area (Å²) in [4.78, 5) is 12.3. The molecule has 1 unspecified atom stereocenters. The number of nitrogens with one attached hydrogen (secondary N) is 1. The van der Waals surface area contributed by atoms with Gasteiger partial charge in [-0.3, -0.25) is 0 Å². The Morgan fingerprint density at radius 2 is 2.32 bits per heavy atom. The summed E-state index contributed by atoms with van der Waals surface area (Å²) in [6.45, 7) is 2.03. The zero-order chi connectivity index (χ0) is 13.7. The van der Waals surface area contributed by atoms with Crippen LogP contribution in [0.4, 0.5) is 5.95 Å². The normalized spacial score (nSPS) is 11.8. The molecule has 98 valence electrons. The van der Waals surface area contributed by atoms with Crippen LogP contribution in [0.25, 0.3) is 5.95 Å². The van der Waals surface area contributed by atoms with E-state index in [-0.39, 0.29) is 11.3 Å². The maximum Gasteiger partial charge on any atom is 0.256 e. The van der Waals surface area contributed by atoms with Gasteiger partial charge in [-0.2, -0.15) is 20.1 Å². The van der Waals surface area contributed by atoms with Crippen LogP contribution in [0.2, 0.25) is 5.28 Å². The first-order valence-corrected chi connectivity index (χ1v) is 6.22. The van der Waals surface area contributed by atoms with Crippen LogP contribution >= 0.6 is 11.6 Å². The minimum atomic E-state index is 0.105. The lowest BCUT2D eigenvalue weighted by atomic mass is 10.2. The van der Waals surface area contributed by atoms with Crippen molar-refractivity contribution in [1.29, 1.82) is 0 Å². The van der Waals surface area contributed by atoms with Crippen molar-refractivity contribution in [1.82, 2.24) is 24.7 Å². The molecule has 2 aromatic rings. The van der Waals surface area contributed by atoms with Crippen LogP contribution in [0.1, 0.15) is 19.8 Å². The third-order valence-electron chi connectivity index (χ3n) is 2.50. The second-order valence-corrected chi connectivity index (χ2v) is 4.17. The van der Waals surface area contributed by atoms with Crippen LogP contribution in [0.15, 0.2) is 18.5 Å². The van der Waals surface area contributed by atoms with Crippen molar-refractivity contribution < 1.29 is 0 Å². The van der Waals surface area contributed by atoms with Gasteiger partial charge in [-0.05, 0) is 24.1 Å². The lowest BCUT2D eigenvalue weighted by molar-refractivity contribution is 0.700. The summed E-state index contributed by atoms with van der Waals surface area (Å²) in [6.07, 6.45) is 10.1. The van der Waals surface area contributed by atoms with E-state index in [0.29, 0.717) is 18.3 Å². The monoisotopic (exact) mass is 276 g/mol. The van der Waals surface area contributed by atoms with Gasteiger partial charge < -0.3 is 5.32 Å². The van der Waals surface area contributed by atoms with Crippen LogP contribution in [0.3, 0.4) is 0 Å². The molecule has 0 saturated heterocycles. The summed E-state index contributed by atoms with van der Waals surface area (Å²) < 4.78 is 1.51. The molecule has 0 spiro atoms. The van der Waals surface area contributed by atoms with Crippen LogP contribution in [-0.2, 0) is 0 Å². The molecule has 19 heavy (non-hydrogen) atoms. The Bertz CT molecular complexity index is 574. The maximum absolute atomic E-state index is 5.89. The number of terminal acetylenes is 1. The van der Waals surface area contributed by atoms with Crippen LogP contribution < -0.4 is 5.32 Å². The first kappa shape index (κ1) is 13.3. The molecule has 2 aromatic heterocycles. The molecule has 7 heteroatoms. The minimum Gasteiger partial charge on any atom is -0.350 e. The highest BCUT2D eigenvalue weighted by molar-refractivity contribution is 6.28. The van der Waals surface area contributed by atoms with Gasteiger partial charge >= 0.3 is 0 Å². The molecule has 2 heterocycles. The Kier molecular flexibility index (Phi) is 4.31. The largest absolute Gasteiger partial charge is 0.350 e. The number of nitrogens with zero attached hydrogens (tertiary/aromatic N) is 5. The van der Waals surface area contributed by atoms with E-state index in [4.69, 9.17) is 18.0 Å². The van der Waals surface area contributed by atoms with Gasteiger partial charge in [0.2, 0.25) is 11.2 Å². The van der Waals surface area contributed by atoms with Crippen molar-refractivity contribution in [2.75, 3.05) is 5.32 Å². The summed E-state index contributed by atoms with van der Waals surface area (Å²) in [7, 11) is 0. The third kappa shape index (κ3) is 3.42. The molecule has 0 saturated carbocycles. The molecule has 0 aliphatic heterocycles. The number of aromatic nitrogens is 5. The predicted octanol–water partition coefficient (Wildman–Crippen LogP) is 1.92. The van der Waals surface area contributed by atoms with E-state index in [2.05, 4.69) is 31.3 Å². The Morgan fingerprint density at radius 1 is 1.47 bits per heavy atom. The minimum absolute atomic E-state index is 0.105. The molecular formula is C12H13ClN6. The molecular weight excluding hydrogens is 264 g/mol.